The van der Waals surface area contributed by atoms with E-state index in [0.717, 1.165) is 0 Å². The molecule has 20 heavy (non-hydrogen) atoms. The summed E-state index contributed by atoms with van der Waals surface area (Å²) in [6.45, 7) is -0.686. The average Bonchev–Trinajstić information content (AvgIpc) is 2.35. The second-order valence-corrected chi connectivity index (χ2v) is 4.27. The van der Waals surface area contributed by atoms with Crippen LogP contribution in [-0.4, -0.2) is 30.4 Å². The Morgan fingerprint density at radius 3 is 2.80 bits per heavy atom. The first-order valence-electron chi connectivity index (χ1n) is 6.21. The molecule has 5 nitrogen and oxygen atoms in total. The molecule has 0 saturated heterocycles. The predicted molar refractivity (Wildman–Crippen MR) is 69.6 cm³/mol. The van der Waals surface area contributed by atoms with Gasteiger partial charge in [-0.2, -0.15) is 8.78 Å². The van der Waals surface area contributed by atoms with Gasteiger partial charge in [-0.05, 0) is 31.0 Å². The Balaban J connectivity index is 2.35. The molecule has 0 heterocycles. The van der Waals surface area contributed by atoms with Crippen LogP contribution in [-0.2, 0) is 6.54 Å². The van der Waals surface area contributed by atoms with Crippen LogP contribution < -0.4 is 15.4 Å². The maximum atomic E-state index is 12.0. The molecule has 0 spiro atoms. The molecule has 1 aromatic rings. The van der Waals surface area contributed by atoms with Crippen molar-refractivity contribution in [3.8, 4) is 5.75 Å². The van der Waals surface area contributed by atoms with Crippen LogP contribution in [0.15, 0.2) is 24.3 Å². The molecule has 7 heteroatoms. The van der Waals surface area contributed by atoms with Gasteiger partial charge in [-0.25, -0.2) is 4.79 Å². The van der Waals surface area contributed by atoms with Gasteiger partial charge in [0.2, 0.25) is 0 Å². The van der Waals surface area contributed by atoms with Crippen LogP contribution >= 0.6 is 0 Å². The topological polar surface area (TPSA) is 70.6 Å². The van der Waals surface area contributed by atoms with Gasteiger partial charge in [0.25, 0.3) is 0 Å². The van der Waals surface area contributed by atoms with E-state index in [1.54, 1.807) is 19.1 Å². The van der Waals surface area contributed by atoms with Crippen LogP contribution in [0.3, 0.4) is 0 Å². The van der Waals surface area contributed by atoms with Crippen molar-refractivity contribution in [2.45, 2.75) is 32.6 Å². The molecule has 1 unspecified atom stereocenters. The first-order valence-corrected chi connectivity index (χ1v) is 6.21. The number of carbonyl (C=O) groups excluding carboxylic acids is 1. The number of benzene rings is 1. The van der Waals surface area contributed by atoms with Crippen molar-refractivity contribution in [1.82, 2.24) is 10.6 Å². The van der Waals surface area contributed by atoms with E-state index in [-0.39, 0.29) is 18.3 Å². The maximum Gasteiger partial charge on any atom is 0.387 e. The minimum absolute atomic E-state index is 0.0498. The number of amides is 2. The van der Waals surface area contributed by atoms with E-state index in [9.17, 15) is 13.6 Å². The Labute approximate surface area is 115 Å². The van der Waals surface area contributed by atoms with Crippen molar-refractivity contribution in [2.75, 3.05) is 6.54 Å². The number of ether oxygens (including phenoxy) is 1. The molecule has 1 aromatic carbocycles. The lowest BCUT2D eigenvalue weighted by Gasteiger charge is -2.10. The van der Waals surface area contributed by atoms with Crippen LogP contribution in [0.25, 0.3) is 0 Å². The fourth-order valence-corrected chi connectivity index (χ4v) is 1.47. The number of hydrogen-bond donors (Lipinski definition) is 3. The molecule has 112 valence electrons. The second kappa shape index (κ2) is 8.31. The maximum absolute atomic E-state index is 12.0. The van der Waals surface area contributed by atoms with Crippen molar-refractivity contribution >= 4 is 6.03 Å². The molecule has 0 aliphatic carbocycles. The predicted octanol–water partition coefficient (Wildman–Crippen LogP) is 1.86. The Morgan fingerprint density at radius 2 is 2.15 bits per heavy atom. The number of nitrogens with one attached hydrogen (secondary N) is 2. The van der Waals surface area contributed by atoms with Crippen LogP contribution in [0.4, 0.5) is 13.6 Å². The fourth-order valence-electron chi connectivity index (χ4n) is 1.47. The Kier molecular flexibility index (Phi) is 6.72. The zero-order valence-electron chi connectivity index (χ0n) is 11.1. The van der Waals surface area contributed by atoms with E-state index < -0.39 is 12.7 Å². The van der Waals surface area contributed by atoms with Crippen LogP contribution in [0.2, 0.25) is 0 Å². The van der Waals surface area contributed by atoms with Crippen LogP contribution in [0.5, 0.6) is 5.75 Å². The molecule has 0 aliphatic heterocycles. The molecule has 0 aliphatic rings. The third-order valence-corrected chi connectivity index (χ3v) is 2.42. The van der Waals surface area contributed by atoms with Gasteiger partial charge in [0.1, 0.15) is 5.75 Å². The molecule has 1 atom stereocenters. The lowest BCUT2D eigenvalue weighted by molar-refractivity contribution is -0.0498. The molecular formula is C13H18F2N2O3. The first-order chi connectivity index (χ1) is 9.47. The Morgan fingerprint density at radius 1 is 1.40 bits per heavy atom. The fraction of sp³-hybridized carbons (Fsp3) is 0.462. The summed E-state index contributed by atoms with van der Waals surface area (Å²) in [7, 11) is 0. The summed E-state index contributed by atoms with van der Waals surface area (Å²) in [6.07, 6.45) is -0.0102. The second-order valence-electron chi connectivity index (χ2n) is 4.27. The van der Waals surface area contributed by atoms with Gasteiger partial charge >= 0.3 is 12.6 Å². The zero-order valence-corrected chi connectivity index (χ0v) is 11.1. The van der Waals surface area contributed by atoms with E-state index in [1.807, 2.05) is 0 Å². The Hall–Kier alpha value is -1.89. The number of rotatable bonds is 7. The van der Waals surface area contributed by atoms with Crippen LogP contribution in [0.1, 0.15) is 18.9 Å². The average molecular weight is 288 g/mol. The molecule has 2 amide bonds. The highest BCUT2D eigenvalue weighted by molar-refractivity contribution is 5.73. The van der Waals surface area contributed by atoms with E-state index in [1.165, 1.54) is 12.1 Å². The van der Waals surface area contributed by atoms with Gasteiger partial charge in [-0.15, -0.1) is 0 Å². The quantitative estimate of drug-likeness (QED) is 0.717. The summed E-state index contributed by atoms with van der Waals surface area (Å²) in [5.41, 5.74) is 0.647. The molecule has 0 fully saturated rings. The molecule has 0 bridgehead atoms. The highest BCUT2D eigenvalue weighted by Gasteiger charge is 2.05. The van der Waals surface area contributed by atoms with Gasteiger partial charge in [0, 0.05) is 13.1 Å². The lowest BCUT2D eigenvalue weighted by atomic mass is 10.2. The SMILES string of the molecule is CC(O)CCNC(=O)NCc1cccc(OC(F)F)c1. The molecule has 3 N–H and O–H groups in total. The van der Waals surface area contributed by atoms with E-state index in [2.05, 4.69) is 15.4 Å². The zero-order chi connectivity index (χ0) is 15.0. The minimum atomic E-state index is -2.87. The van der Waals surface area contributed by atoms with E-state index in [4.69, 9.17) is 5.11 Å². The number of halogens is 2. The standard InChI is InChI=1S/C13H18F2N2O3/c1-9(18)5-6-16-13(19)17-8-10-3-2-4-11(7-10)20-12(14)15/h2-4,7,9,12,18H,5-6,8H2,1H3,(H2,16,17,19). The summed E-state index contributed by atoms with van der Waals surface area (Å²) in [4.78, 5) is 11.4. The van der Waals surface area contributed by atoms with Crippen molar-refractivity contribution in [3.05, 3.63) is 29.8 Å². The molecule has 0 saturated carbocycles. The number of carbonyl (C=O) groups is 1. The highest BCUT2D eigenvalue weighted by Crippen LogP contribution is 2.15. The smallest absolute Gasteiger partial charge is 0.387 e. The van der Waals surface area contributed by atoms with E-state index >= 15 is 0 Å². The summed E-state index contributed by atoms with van der Waals surface area (Å²) >= 11 is 0. The van der Waals surface area contributed by atoms with Gasteiger partial charge < -0.3 is 20.5 Å². The molecule has 0 radical (unpaired) electrons. The van der Waals surface area contributed by atoms with Crippen LogP contribution in [0, 0.1) is 0 Å². The number of hydrogen-bond acceptors (Lipinski definition) is 3. The highest BCUT2D eigenvalue weighted by atomic mass is 19.3. The first kappa shape index (κ1) is 16.2. The van der Waals surface area contributed by atoms with Gasteiger partial charge in [0.05, 0.1) is 6.10 Å². The van der Waals surface area contributed by atoms with Gasteiger partial charge in [-0.1, -0.05) is 12.1 Å². The third-order valence-electron chi connectivity index (χ3n) is 2.42. The molecule has 0 aromatic heterocycles. The summed E-state index contributed by atoms with van der Waals surface area (Å²) < 4.78 is 28.4. The lowest BCUT2D eigenvalue weighted by Crippen LogP contribution is -2.36. The van der Waals surface area contributed by atoms with Crippen molar-refractivity contribution in [3.63, 3.8) is 0 Å². The minimum Gasteiger partial charge on any atom is -0.435 e. The largest absolute Gasteiger partial charge is 0.435 e. The van der Waals surface area contributed by atoms with Crippen molar-refractivity contribution in [2.24, 2.45) is 0 Å². The summed E-state index contributed by atoms with van der Waals surface area (Å²) in [5, 5.41) is 14.2. The number of aliphatic hydroxyl groups is 1. The molecular weight excluding hydrogens is 270 g/mol. The molecule has 1 rings (SSSR count). The van der Waals surface area contributed by atoms with Gasteiger partial charge in [-0.3, -0.25) is 0 Å². The normalized spacial score (nSPS) is 12.1. The summed E-state index contributed by atoms with van der Waals surface area (Å²) in [6, 6.07) is 5.72. The Bertz CT molecular complexity index is 428. The van der Waals surface area contributed by atoms with Crippen molar-refractivity contribution < 1.29 is 23.4 Å². The number of aliphatic hydroxyl groups excluding tert-OH is 1. The number of alkyl halides is 2. The number of urea groups is 1. The third kappa shape index (κ3) is 6.89. The van der Waals surface area contributed by atoms with E-state index in [0.29, 0.717) is 18.5 Å². The monoisotopic (exact) mass is 288 g/mol. The van der Waals surface area contributed by atoms with Gasteiger partial charge in [0.15, 0.2) is 0 Å². The summed E-state index contributed by atoms with van der Waals surface area (Å²) in [5.74, 6) is 0.0498. The van der Waals surface area contributed by atoms with Crippen molar-refractivity contribution in [1.29, 1.82) is 0 Å².